The Morgan fingerprint density at radius 3 is 2.85 bits per heavy atom. The van der Waals surface area contributed by atoms with Crippen molar-refractivity contribution in [2.45, 2.75) is 25.3 Å². The van der Waals surface area contributed by atoms with Crippen LogP contribution in [0.1, 0.15) is 41.6 Å². The first kappa shape index (κ1) is 15.4. The van der Waals surface area contributed by atoms with E-state index >= 15 is 0 Å². The lowest BCUT2D eigenvalue weighted by Gasteiger charge is -2.27. The number of pyridine rings is 1. The van der Waals surface area contributed by atoms with Gasteiger partial charge in [-0.05, 0) is 49.3 Å². The van der Waals surface area contributed by atoms with Crippen LogP contribution in [0.2, 0.25) is 0 Å². The van der Waals surface area contributed by atoms with Crippen LogP contribution in [0.4, 0.5) is 0 Å². The van der Waals surface area contributed by atoms with Crippen molar-refractivity contribution in [3.05, 3.63) is 46.4 Å². The molecule has 3 aromatic rings. The number of aromatic nitrogens is 5. The van der Waals surface area contributed by atoms with Crippen LogP contribution in [0.15, 0.2) is 29.2 Å². The van der Waals surface area contributed by atoms with E-state index in [-0.39, 0.29) is 17.6 Å². The van der Waals surface area contributed by atoms with Gasteiger partial charge in [0.15, 0.2) is 5.82 Å². The summed E-state index contributed by atoms with van der Waals surface area (Å²) < 4.78 is 1.53. The highest BCUT2D eigenvalue weighted by molar-refractivity contribution is 5.97. The van der Waals surface area contributed by atoms with E-state index in [0.717, 1.165) is 17.5 Å². The molecule has 1 amide bonds. The van der Waals surface area contributed by atoms with E-state index in [0.29, 0.717) is 29.9 Å². The monoisotopic (exact) mass is 352 g/mol. The van der Waals surface area contributed by atoms with Crippen molar-refractivity contribution in [1.82, 2.24) is 29.6 Å². The molecule has 5 rings (SSSR count). The van der Waals surface area contributed by atoms with Gasteiger partial charge in [-0.1, -0.05) is 0 Å². The lowest BCUT2D eigenvalue weighted by atomic mass is 9.94. The van der Waals surface area contributed by atoms with Crippen molar-refractivity contribution in [3.8, 4) is 0 Å². The third-order valence-corrected chi connectivity index (χ3v) is 5.73. The minimum absolute atomic E-state index is 0.0633. The molecule has 0 aromatic carbocycles. The van der Waals surface area contributed by atoms with E-state index in [1.54, 1.807) is 19.3 Å². The Morgan fingerprint density at radius 2 is 2.15 bits per heavy atom. The van der Waals surface area contributed by atoms with Crippen molar-refractivity contribution in [1.29, 1.82) is 0 Å². The molecule has 26 heavy (non-hydrogen) atoms. The van der Waals surface area contributed by atoms with Crippen LogP contribution in [0, 0.1) is 11.8 Å². The van der Waals surface area contributed by atoms with Gasteiger partial charge in [-0.25, -0.2) is 9.89 Å². The van der Waals surface area contributed by atoms with Gasteiger partial charge < -0.3 is 9.88 Å². The Balaban J connectivity index is 1.54. The van der Waals surface area contributed by atoms with Gasteiger partial charge in [0.25, 0.3) is 5.91 Å². The number of hydrogen-bond donors (Lipinski definition) is 2. The highest BCUT2D eigenvalue weighted by Gasteiger charge is 2.47. The van der Waals surface area contributed by atoms with Gasteiger partial charge in [0.1, 0.15) is 5.69 Å². The van der Waals surface area contributed by atoms with E-state index in [1.807, 2.05) is 17.0 Å². The molecule has 0 spiro atoms. The first-order valence-corrected chi connectivity index (χ1v) is 8.99. The maximum absolute atomic E-state index is 13.2. The fourth-order valence-electron chi connectivity index (χ4n) is 4.24. The minimum Gasteiger partial charge on any atom is -0.349 e. The van der Waals surface area contributed by atoms with E-state index in [4.69, 9.17) is 0 Å². The Morgan fingerprint density at radius 1 is 1.31 bits per heavy atom. The number of carbonyl (C=O) groups is 1. The van der Waals surface area contributed by atoms with Crippen LogP contribution in [-0.4, -0.2) is 42.1 Å². The van der Waals surface area contributed by atoms with Gasteiger partial charge in [0.2, 0.25) is 0 Å². The Hall–Kier alpha value is -2.90. The first-order valence-electron chi connectivity index (χ1n) is 8.99. The molecule has 0 radical (unpaired) electrons. The van der Waals surface area contributed by atoms with Gasteiger partial charge >= 0.3 is 5.69 Å². The van der Waals surface area contributed by atoms with Crippen molar-refractivity contribution in [2.24, 2.45) is 18.9 Å². The van der Waals surface area contributed by atoms with Gasteiger partial charge in [-0.15, -0.1) is 0 Å². The zero-order valence-corrected chi connectivity index (χ0v) is 14.5. The summed E-state index contributed by atoms with van der Waals surface area (Å²) in [6.45, 7) is 0.675. The predicted molar refractivity (Wildman–Crippen MR) is 94.5 cm³/mol. The molecule has 2 N–H and O–H groups in total. The predicted octanol–water partition coefficient (Wildman–Crippen LogP) is 1.60. The maximum Gasteiger partial charge on any atom is 0.343 e. The third-order valence-electron chi connectivity index (χ3n) is 5.73. The molecule has 8 nitrogen and oxygen atoms in total. The number of fused-ring (bicyclic) bond motifs is 1. The summed E-state index contributed by atoms with van der Waals surface area (Å²) in [4.78, 5) is 34.5. The second-order valence-electron chi connectivity index (χ2n) is 7.30. The van der Waals surface area contributed by atoms with Crippen molar-refractivity contribution in [2.75, 3.05) is 6.54 Å². The largest absolute Gasteiger partial charge is 0.349 e. The molecule has 3 aromatic heterocycles. The topological polar surface area (TPSA) is 99.7 Å². The molecule has 1 saturated heterocycles. The number of carbonyl (C=O) groups excluding carboxylic acids is 1. The van der Waals surface area contributed by atoms with Crippen LogP contribution in [0.25, 0.3) is 11.0 Å². The van der Waals surface area contributed by atoms with Crippen LogP contribution < -0.4 is 5.69 Å². The number of nitrogens with one attached hydrogen (secondary N) is 2. The zero-order valence-electron chi connectivity index (χ0n) is 14.5. The second kappa shape index (κ2) is 5.55. The number of nitrogens with zero attached hydrogens (tertiary/aromatic N) is 4. The van der Waals surface area contributed by atoms with Gasteiger partial charge in [-0.2, -0.15) is 5.10 Å². The number of H-pyrrole nitrogens is 2. The maximum atomic E-state index is 13.2. The molecule has 8 heteroatoms. The Bertz CT molecular complexity index is 1010. The SMILES string of the molecule is Cn1c(C2C(C3CC3)CCN2C(=O)c2cc3ncccc3[nH]2)n[nH]c1=O. The van der Waals surface area contributed by atoms with Crippen molar-refractivity contribution < 1.29 is 4.79 Å². The van der Waals surface area contributed by atoms with Gasteiger partial charge in [0, 0.05) is 19.8 Å². The van der Waals surface area contributed by atoms with Crippen LogP contribution in [0.3, 0.4) is 0 Å². The van der Waals surface area contributed by atoms with Crippen LogP contribution in [-0.2, 0) is 7.05 Å². The molecule has 0 bridgehead atoms. The summed E-state index contributed by atoms with van der Waals surface area (Å²) in [5.74, 6) is 1.56. The smallest absolute Gasteiger partial charge is 0.343 e. The molecule has 1 aliphatic carbocycles. The van der Waals surface area contributed by atoms with Crippen molar-refractivity contribution in [3.63, 3.8) is 0 Å². The van der Waals surface area contributed by atoms with E-state index in [9.17, 15) is 9.59 Å². The standard InChI is InChI=1S/C18H20N6O2/c1-23-16(21-22-18(23)26)15-11(10-4-5-10)6-8-24(15)17(25)14-9-13-12(20-14)3-2-7-19-13/h2-3,7,9-11,15,20H,4-6,8H2,1H3,(H,22,26). The van der Waals surface area contributed by atoms with Crippen LogP contribution >= 0.6 is 0 Å². The summed E-state index contributed by atoms with van der Waals surface area (Å²) in [6.07, 6.45) is 5.04. The molecule has 1 saturated carbocycles. The van der Waals surface area contributed by atoms with E-state index in [1.165, 1.54) is 17.4 Å². The fraction of sp³-hybridized carbons (Fsp3) is 0.444. The Labute approximate surface area is 149 Å². The van der Waals surface area contributed by atoms with Crippen molar-refractivity contribution >= 4 is 16.9 Å². The zero-order chi connectivity index (χ0) is 17.8. The molecule has 2 aliphatic rings. The quantitative estimate of drug-likeness (QED) is 0.748. The summed E-state index contributed by atoms with van der Waals surface area (Å²) in [5.41, 5.74) is 1.90. The average molecular weight is 352 g/mol. The molecule has 4 heterocycles. The third kappa shape index (κ3) is 2.28. The molecular weight excluding hydrogens is 332 g/mol. The van der Waals surface area contributed by atoms with Gasteiger partial charge in [-0.3, -0.25) is 14.3 Å². The molecule has 2 unspecified atom stereocenters. The molecular formula is C18H20N6O2. The lowest BCUT2D eigenvalue weighted by molar-refractivity contribution is 0.0696. The lowest BCUT2D eigenvalue weighted by Crippen LogP contribution is -2.35. The number of aromatic amines is 2. The highest BCUT2D eigenvalue weighted by Crippen LogP contribution is 2.50. The number of hydrogen-bond acceptors (Lipinski definition) is 4. The van der Waals surface area contributed by atoms with E-state index < -0.39 is 0 Å². The second-order valence-corrected chi connectivity index (χ2v) is 7.30. The molecule has 1 aliphatic heterocycles. The Kier molecular flexibility index (Phi) is 3.28. The molecule has 2 atom stereocenters. The van der Waals surface area contributed by atoms with Crippen LogP contribution in [0.5, 0.6) is 0 Å². The number of rotatable bonds is 3. The number of likely N-dealkylation sites (tertiary alicyclic amines) is 1. The van der Waals surface area contributed by atoms with Gasteiger partial charge in [0.05, 0.1) is 17.1 Å². The summed E-state index contributed by atoms with van der Waals surface area (Å²) in [5, 5.41) is 6.75. The summed E-state index contributed by atoms with van der Waals surface area (Å²) in [6, 6.07) is 5.38. The van der Waals surface area contributed by atoms with E-state index in [2.05, 4.69) is 20.2 Å². The average Bonchev–Trinajstić information content (AvgIpc) is 3.12. The highest BCUT2D eigenvalue weighted by atomic mass is 16.2. The summed E-state index contributed by atoms with van der Waals surface area (Å²) in [7, 11) is 1.71. The summed E-state index contributed by atoms with van der Waals surface area (Å²) >= 11 is 0. The fourth-order valence-corrected chi connectivity index (χ4v) is 4.24. The first-order chi connectivity index (χ1) is 12.6. The normalized spacial score (nSPS) is 23.0. The minimum atomic E-state index is -0.247. The molecule has 2 fully saturated rings. The number of amides is 1. The molecule has 134 valence electrons.